The molecule has 2 aromatic carbocycles. The van der Waals surface area contributed by atoms with Crippen LogP contribution >= 0.6 is 0 Å². The Morgan fingerprint density at radius 2 is 1.96 bits per heavy atom. The van der Waals surface area contributed by atoms with E-state index in [1.807, 2.05) is 31.2 Å². The van der Waals surface area contributed by atoms with Crippen LogP contribution in [0.3, 0.4) is 0 Å². The van der Waals surface area contributed by atoms with Crippen LogP contribution in [0.25, 0.3) is 6.08 Å². The molecule has 1 amide bonds. The minimum Gasteiger partial charge on any atom is -0.494 e. The highest BCUT2D eigenvalue weighted by Gasteiger charge is 2.16. The van der Waals surface area contributed by atoms with E-state index in [1.165, 1.54) is 18.2 Å². The first-order valence-electron chi connectivity index (χ1n) is 7.46. The van der Waals surface area contributed by atoms with Crippen molar-refractivity contribution in [3.05, 3.63) is 69.8 Å². The van der Waals surface area contributed by atoms with Crippen molar-refractivity contribution in [1.29, 1.82) is 0 Å². The molecule has 0 unspecified atom stereocenters. The van der Waals surface area contributed by atoms with Crippen LogP contribution in [0.5, 0.6) is 5.75 Å². The first-order chi connectivity index (χ1) is 11.5. The maximum absolute atomic E-state index is 12.0. The fourth-order valence-electron chi connectivity index (χ4n) is 2.05. The van der Waals surface area contributed by atoms with Crippen LogP contribution in [-0.2, 0) is 4.79 Å². The third kappa shape index (κ3) is 4.67. The molecule has 0 aromatic heterocycles. The molecule has 1 N–H and O–H groups in total. The SMILES string of the molecule is CCOc1ccc(NC(=O)/C=C/c2ccc(C)cc2)c([N+](=O)[O-])c1. The number of amides is 1. The average Bonchev–Trinajstić information content (AvgIpc) is 2.56. The normalized spacial score (nSPS) is 10.6. The molecular formula is C18H18N2O4. The zero-order chi connectivity index (χ0) is 17.5. The van der Waals surface area contributed by atoms with Gasteiger partial charge in [-0.25, -0.2) is 0 Å². The summed E-state index contributed by atoms with van der Waals surface area (Å²) in [5.41, 5.74) is 1.92. The minimum atomic E-state index is -0.554. The number of benzene rings is 2. The molecule has 0 atom stereocenters. The first kappa shape index (κ1) is 17.2. The van der Waals surface area contributed by atoms with Crippen molar-refractivity contribution in [2.45, 2.75) is 13.8 Å². The number of nitrogens with zero attached hydrogens (tertiary/aromatic N) is 1. The molecule has 6 heteroatoms. The number of carbonyl (C=O) groups excluding carboxylic acids is 1. The summed E-state index contributed by atoms with van der Waals surface area (Å²) in [6.45, 7) is 4.17. The van der Waals surface area contributed by atoms with E-state index in [4.69, 9.17) is 4.74 Å². The van der Waals surface area contributed by atoms with E-state index < -0.39 is 10.8 Å². The molecule has 0 saturated carbocycles. The molecule has 0 saturated heterocycles. The van der Waals surface area contributed by atoms with Crippen LogP contribution in [0.2, 0.25) is 0 Å². The monoisotopic (exact) mass is 326 g/mol. The standard InChI is InChI=1S/C18H18N2O4/c1-3-24-15-9-10-16(17(12-15)20(22)23)19-18(21)11-8-14-6-4-13(2)5-7-14/h4-12H,3H2,1-2H3,(H,19,21)/b11-8+. The van der Waals surface area contributed by atoms with Crippen molar-refractivity contribution in [2.75, 3.05) is 11.9 Å². The van der Waals surface area contributed by atoms with Crippen molar-refractivity contribution >= 4 is 23.4 Å². The summed E-state index contributed by atoms with van der Waals surface area (Å²) in [6, 6.07) is 12.0. The van der Waals surface area contributed by atoms with Gasteiger partial charge in [0.1, 0.15) is 11.4 Å². The summed E-state index contributed by atoms with van der Waals surface area (Å²) >= 11 is 0. The number of nitro benzene ring substituents is 1. The lowest BCUT2D eigenvalue weighted by molar-refractivity contribution is -0.384. The number of rotatable bonds is 6. The van der Waals surface area contributed by atoms with E-state index in [9.17, 15) is 14.9 Å². The third-order valence-corrected chi connectivity index (χ3v) is 3.24. The van der Waals surface area contributed by atoms with Gasteiger partial charge < -0.3 is 10.1 Å². The van der Waals surface area contributed by atoms with Gasteiger partial charge >= 0.3 is 0 Å². The number of ether oxygens (including phenoxy) is 1. The highest BCUT2D eigenvalue weighted by atomic mass is 16.6. The van der Waals surface area contributed by atoms with Gasteiger partial charge in [-0.1, -0.05) is 29.8 Å². The fraction of sp³-hybridized carbons (Fsp3) is 0.167. The zero-order valence-electron chi connectivity index (χ0n) is 13.5. The lowest BCUT2D eigenvalue weighted by atomic mass is 10.1. The van der Waals surface area contributed by atoms with E-state index in [2.05, 4.69) is 5.32 Å². The van der Waals surface area contributed by atoms with Gasteiger partial charge in [0.25, 0.3) is 5.69 Å². The fourth-order valence-corrected chi connectivity index (χ4v) is 2.05. The van der Waals surface area contributed by atoms with Crippen LogP contribution in [0.15, 0.2) is 48.5 Å². The van der Waals surface area contributed by atoms with Crippen LogP contribution in [0.1, 0.15) is 18.1 Å². The van der Waals surface area contributed by atoms with Crippen molar-refractivity contribution < 1.29 is 14.5 Å². The molecule has 124 valence electrons. The van der Waals surface area contributed by atoms with E-state index in [0.29, 0.717) is 12.4 Å². The summed E-state index contributed by atoms with van der Waals surface area (Å²) in [7, 11) is 0. The van der Waals surface area contributed by atoms with Crippen molar-refractivity contribution in [2.24, 2.45) is 0 Å². The molecule has 2 rings (SSSR count). The Labute approximate surface area is 139 Å². The Hall–Kier alpha value is -3.15. The predicted octanol–water partition coefficient (Wildman–Crippen LogP) is 3.95. The number of carbonyl (C=O) groups is 1. The molecule has 0 spiro atoms. The minimum absolute atomic E-state index is 0.127. The molecule has 0 aliphatic heterocycles. The average molecular weight is 326 g/mol. The van der Waals surface area contributed by atoms with Gasteiger partial charge in [-0.15, -0.1) is 0 Å². The molecule has 0 radical (unpaired) electrons. The second kappa shape index (κ2) is 7.92. The Morgan fingerprint density at radius 3 is 2.58 bits per heavy atom. The van der Waals surface area contributed by atoms with Gasteiger partial charge in [-0.05, 0) is 37.6 Å². The van der Waals surface area contributed by atoms with Crippen LogP contribution in [0, 0.1) is 17.0 Å². The van der Waals surface area contributed by atoms with Gasteiger partial charge in [0.15, 0.2) is 0 Å². The molecule has 0 heterocycles. The van der Waals surface area contributed by atoms with Crippen molar-refractivity contribution in [1.82, 2.24) is 0 Å². The van der Waals surface area contributed by atoms with E-state index in [-0.39, 0.29) is 11.4 Å². The molecule has 0 fully saturated rings. The Kier molecular flexibility index (Phi) is 5.68. The topological polar surface area (TPSA) is 81.5 Å². The lowest BCUT2D eigenvalue weighted by Gasteiger charge is -2.07. The predicted molar refractivity (Wildman–Crippen MR) is 93.1 cm³/mol. The molecule has 0 aliphatic carbocycles. The number of nitro groups is 1. The van der Waals surface area contributed by atoms with Gasteiger partial charge in [-0.2, -0.15) is 0 Å². The van der Waals surface area contributed by atoms with Crippen LogP contribution in [0.4, 0.5) is 11.4 Å². The molecule has 24 heavy (non-hydrogen) atoms. The summed E-state index contributed by atoms with van der Waals surface area (Å²) in [6.07, 6.45) is 2.99. The largest absolute Gasteiger partial charge is 0.494 e. The van der Waals surface area contributed by atoms with E-state index in [0.717, 1.165) is 11.1 Å². The first-order valence-corrected chi connectivity index (χ1v) is 7.46. The third-order valence-electron chi connectivity index (χ3n) is 3.24. The quantitative estimate of drug-likeness (QED) is 0.495. The molecule has 0 bridgehead atoms. The Bertz CT molecular complexity index is 767. The maximum atomic E-state index is 12.0. The van der Waals surface area contributed by atoms with Crippen LogP contribution < -0.4 is 10.1 Å². The highest BCUT2D eigenvalue weighted by Crippen LogP contribution is 2.29. The summed E-state index contributed by atoms with van der Waals surface area (Å²) in [4.78, 5) is 22.6. The molecule has 0 aliphatic rings. The maximum Gasteiger partial charge on any atom is 0.296 e. The second-order valence-corrected chi connectivity index (χ2v) is 5.10. The summed E-state index contributed by atoms with van der Waals surface area (Å²) in [5, 5.41) is 13.7. The Balaban J connectivity index is 2.13. The summed E-state index contributed by atoms with van der Waals surface area (Å²) < 4.78 is 5.24. The summed E-state index contributed by atoms with van der Waals surface area (Å²) in [5.74, 6) is -0.0553. The zero-order valence-corrected chi connectivity index (χ0v) is 13.5. The highest BCUT2D eigenvalue weighted by molar-refractivity contribution is 6.03. The number of anilines is 1. The number of nitrogens with one attached hydrogen (secondary N) is 1. The van der Waals surface area contributed by atoms with Gasteiger partial charge in [0.2, 0.25) is 5.91 Å². The van der Waals surface area contributed by atoms with Crippen molar-refractivity contribution in [3.8, 4) is 5.75 Å². The van der Waals surface area contributed by atoms with E-state index >= 15 is 0 Å². The van der Waals surface area contributed by atoms with Gasteiger partial charge in [0, 0.05) is 6.08 Å². The number of hydrogen-bond donors (Lipinski definition) is 1. The number of aryl methyl sites for hydroxylation is 1. The van der Waals surface area contributed by atoms with Crippen molar-refractivity contribution in [3.63, 3.8) is 0 Å². The second-order valence-electron chi connectivity index (χ2n) is 5.10. The molecular weight excluding hydrogens is 308 g/mol. The lowest BCUT2D eigenvalue weighted by Crippen LogP contribution is -2.09. The smallest absolute Gasteiger partial charge is 0.296 e. The van der Waals surface area contributed by atoms with Gasteiger partial charge in [-0.3, -0.25) is 14.9 Å². The van der Waals surface area contributed by atoms with E-state index in [1.54, 1.807) is 19.1 Å². The number of hydrogen-bond acceptors (Lipinski definition) is 4. The molecule has 2 aromatic rings. The molecule has 6 nitrogen and oxygen atoms in total. The van der Waals surface area contributed by atoms with Gasteiger partial charge in [0.05, 0.1) is 17.6 Å². The van der Waals surface area contributed by atoms with Crippen LogP contribution in [-0.4, -0.2) is 17.4 Å². The Morgan fingerprint density at radius 1 is 1.25 bits per heavy atom.